The van der Waals surface area contributed by atoms with Crippen LogP contribution in [0.15, 0.2) is 30.3 Å². The molecule has 0 unspecified atom stereocenters. The third-order valence-electron chi connectivity index (χ3n) is 5.55. The van der Waals surface area contributed by atoms with Crippen molar-refractivity contribution in [2.24, 2.45) is 5.41 Å². The van der Waals surface area contributed by atoms with Crippen LogP contribution in [0, 0.1) is 5.41 Å². The topological polar surface area (TPSA) is 72.9 Å². The lowest BCUT2D eigenvalue weighted by molar-refractivity contribution is -0.158. The van der Waals surface area contributed by atoms with Crippen LogP contribution >= 0.6 is 0 Å². The van der Waals surface area contributed by atoms with E-state index in [0.29, 0.717) is 32.5 Å². The summed E-state index contributed by atoms with van der Waals surface area (Å²) >= 11 is 0. The lowest BCUT2D eigenvalue weighted by atomic mass is 9.67. The predicted molar refractivity (Wildman–Crippen MR) is 94.8 cm³/mol. The number of carbonyl (C=O) groups is 2. The smallest absolute Gasteiger partial charge is 0.238 e. The van der Waals surface area contributed by atoms with Crippen LogP contribution in [-0.4, -0.2) is 66.5 Å². The van der Waals surface area contributed by atoms with E-state index in [1.807, 2.05) is 35.2 Å². The van der Waals surface area contributed by atoms with Gasteiger partial charge in [-0.25, -0.2) is 0 Å². The minimum Gasteiger partial charge on any atom is -0.387 e. The van der Waals surface area contributed by atoms with Crippen molar-refractivity contribution in [2.45, 2.75) is 25.4 Å². The molecule has 3 rings (SSSR count). The Bertz CT molecular complexity index is 608. The van der Waals surface area contributed by atoms with Gasteiger partial charge in [-0.15, -0.1) is 0 Å². The first kappa shape index (κ1) is 17.9. The predicted octanol–water partition coefficient (Wildman–Crippen LogP) is 0.781. The molecule has 1 saturated carbocycles. The van der Waals surface area contributed by atoms with Crippen molar-refractivity contribution in [3.05, 3.63) is 35.9 Å². The molecule has 1 heterocycles. The average molecular weight is 345 g/mol. The molecule has 2 fully saturated rings. The average Bonchev–Trinajstić information content (AvgIpc) is 2.61. The summed E-state index contributed by atoms with van der Waals surface area (Å²) in [5, 5.41) is 13.0. The van der Waals surface area contributed by atoms with E-state index in [1.54, 1.807) is 7.05 Å². The Hall–Kier alpha value is -1.92. The molecule has 0 radical (unpaired) electrons. The molecule has 2 aliphatic rings. The second kappa shape index (κ2) is 7.54. The maximum Gasteiger partial charge on any atom is 0.238 e. The number of rotatable bonds is 5. The zero-order valence-corrected chi connectivity index (χ0v) is 14.8. The molecular formula is C19H27N3O3. The minimum absolute atomic E-state index is 0.0265. The lowest BCUT2D eigenvalue weighted by Crippen LogP contribution is -2.59. The molecule has 1 aliphatic carbocycles. The molecule has 1 atom stereocenters. The third-order valence-corrected chi connectivity index (χ3v) is 5.55. The van der Waals surface area contributed by atoms with Gasteiger partial charge in [0.25, 0.3) is 0 Å². The van der Waals surface area contributed by atoms with Gasteiger partial charge in [-0.3, -0.25) is 14.5 Å². The summed E-state index contributed by atoms with van der Waals surface area (Å²) in [5.74, 6) is -0.174. The van der Waals surface area contributed by atoms with E-state index in [1.165, 1.54) is 0 Å². The standard InChI is InChI=1S/C19H27N3O3/c1-20-17(24)19(8-5-9-19)18(25)22-12-10-21(11-13-22)14-16(23)15-6-3-2-4-7-15/h2-4,6-7,16,23H,5,8-14H2,1H3,(H,20,24)/t16-/m0/s1. The van der Waals surface area contributed by atoms with Crippen molar-refractivity contribution in [3.8, 4) is 0 Å². The van der Waals surface area contributed by atoms with Crippen molar-refractivity contribution in [3.63, 3.8) is 0 Å². The van der Waals surface area contributed by atoms with Crippen LogP contribution < -0.4 is 5.32 Å². The van der Waals surface area contributed by atoms with E-state index < -0.39 is 11.5 Å². The summed E-state index contributed by atoms with van der Waals surface area (Å²) < 4.78 is 0. The fourth-order valence-electron chi connectivity index (χ4n) is 3.77. The molecule has 136 valence electrons. The Morgan fingerprint density at radius 3 is 2.32 bits per heavy atom. The number of nitrogens with one attached hydrogen (secondary N) is 1. The van der Waals surface area contributed by atoms with E-state index in [2.05, 4.69) is 10.2 Å². The van der Waals surface area contributed by atoms with Gasteiger partial charge < -0.3 is 15.3 Å². The van der Waals surface area contributed by atoms with Crippen LogP contribution in [-0.2, 0) is 9.59 Å². The molecule has 0 bridgehead atoms. The monoisotopic (exact) mass is 345 g/mol. The number of aliphatic hydroxyl groups excluding tert-OH is 1. The molecule has 1 aromatic rings. The van der Waals surface area contributed by atoms with E-state index >= 15 is 0 Å². The molecule has 25 heavy (non-hydrogen) atoms. The SMILES string of the molecule is CNC(=O)C1(C(=O)N2CCN(C[C@H](O)c3ccccc3)CC2)CCC1. The maximum absolute atomic E-state index is 12.9. The van der Waals surface area contributed by atoms with Gasteiger partial charge in [-0.1, -0.05) is 36.8 Å². The number of carbonyl (C=O) groups excluding carboxylic acids is 2. The minimum atomic E-state index is -0.833. The Balaban J connectivity index is 1.53. The van der Waals surface area contributed by atoms with E-state index in [4.69, 9.17) is 0 Å². The fraction of sp³-hybridized carbons (Fsp3) is 0.579. The summed E-state index contributed by atoms with van der Waals surface area (Å²) in [6.45, 7) is 3.23. The van der Waals surface area contributed by atoms with Gasteiger partial charge in [0.2, 0.25) is 11.8 Å². The molecule has 2 amide bonds. The number of nitrogens with zero attached hydrogens (tertiary/aromatic N) is 2. The number of hydrogen-bond donors (Lipinski definition) is 2. The zero-order valence-electron chi connectivity index (χ0n) is 14.8. The van der Waals surface area contributed by atoms with Gasteiger partial charge in [0, 0.05) is 39.8 Å². The van der Waals surface area contributed by atoms with Crippen molar-refractivity contribution < 1.29 is 14.7 Å². The summed E-state index contributed by atoms with van der Waals surface area (Å²) in [6, 6.07) is 9.63. The molecule has 0 aromatic heterocycles. The number of β-amino-alcohol motifs (C(OH)–C–C–N with tert-alkyl or cyclic N) is 1. The van der Waals surface area contributed by atoms with Gasteiger partial charge in [-0.2, -0.15) is 0 Å². The van der Waals surface area contributed by atoms with Gasteiger partial charge in [0.1, 0.15) is 5.41 Å². The lowest BCUT2D eigenvalue weighted by Gasteiger charge is -2.44. The van der Waals surface area contributed by atoms with Crippen LogP contribution in [0.2, 0.25) is 0 Å². The summed E-state index contributed by atoms with van der Waals surface area (Å²) in [6.07, 6.45) is 1.71. The van der Waals surface area contributed by atoms with Crippen LogP contribution in [0.1, 0.15) is 30.9 Å². The molecule has 2 N–H and O–H groups in total. The molecular weight excluding hydrogens is 318 g/mol. The highest BCUT2D eigenvalue weighted by atomic mass is 16.3. The van der Waals surface area contributed by atoms with Crippen LogP contribution in [0.25, 0.3) is 0 Å². The number of benzene rings is 1. The summed E-state index contributed by atoms with van der Waals surface area (Å²) in [7, 11) is 1.60. The summed E-state index contributed by atoms with van der Waals surface area (Å²) in [4.78, 5) is 29.0. The highest BCUT2D eigenvalue weighted by Gasteiger charge is 2.52. The van der Waals surface area contributed by atoms with Crippen molar-refractivity contribution in [2.75, 3.05) is 39.8 Å². The zero-order chi connectivity index (χ0) is 17.9. The van der Waals surface area contributed by atoms with Gasteiger partial charge in [-0.05, 0) is 18.4 Å². The van der Waals surface area contributed by atoms with Crippen molar-refractivity contribution in [1.82, 2.24) is 15.1 Å². The van der Waals surface area contributed by atoms with E-state index in [9.17, 15) is 14.7 Å². The van der Waals surface area contributed by atoms with Crippen LogP contribution in [0.3, 0.4) is 0 Å². The van der Waals surface area contributed by atoms with E-state index in [-0.39, 0.29) is 11.8 Å². The number of hydrogen-bond acceptors (Lipinski definition) is 4. The third kappa shape index (κ3) is 3.55. The van der Waals surface area contributed by atoms with Gasteiger partial charge in [0.15, 0.2) is 0 Å². The Morgan fingerprint density at radius 2 is 1.80 bits per heavy atom. The van der Waals surface area contributed by atoms with E-state index in [0.717, 1.165) is 25.1 Å². The molecule has 1 saturated heterocycles. The Morgan fingerprint density at radius 1 is 1.16 bits per heavy atom. The molecule has 6 nitrogen and oxygen atoms in total. The Kier molecular flexibility index (Phi) is 5.39. The highest BCUT2D eigenvalue weighted by molar-refractivity contribution is 6.05. The van der Waals surface area contributed by atoms with Gasteiger partial charge in [0.05, 0.1) is 6.10 Å². The Labute approximate surface area is 148 Å². The number of piperazine rings is 1. The molecule has 1 aliphatic heterocycles. The van der Waals surface area contributed by atoms with Gasteiger partial charge >= 0.3 is 0 Å². The summed E-state index contributed by atoms with van der Waals surface area (Å²) in [5.41, 5.74) is 0.0783. The first-order valence-corrected chi connectivity index (χ1v) is 9.04. The van der Waals surface area contributed by atoms with Crippen LogP contribution in [0.5, 0.6) is 0 Å². The van der Waals surface area contributed by atoms with Crippen molar-refractivity contribution in [1.29, 1.82) is 0 Å². The largest absolute Gasteiger partial charge is 0.387 e. The molecule has 1 aromatic carbocycles. The molecule has 0 spiro atoms. The second-order valence-corrected chi connectivity index (χ2v) is 7.03. The van der Waals surface area contributed by atoms with Crippen LogP contribution in [0.4, 0.5) is 0 Å². The normalized spacial score (nSPS) is 21.3. The first-order valence-electron chi connectivity index (χ1n) is 9.04. The number of aliphatic hydroxyl groups is 1. The quantitative estimate of drug-likeness (QED) is 0.774. The first-order chi connectivity index (χ1) is 12.1. The van der Waals surface area contributed by atoms with Crippen molar-refractivity contribution >= 4 is 11.8 Å². The highest BCUT2D eigenvalue weighted by Crippen LogP contribution is 2.43. The second-order valence-electron chi connectivity index (χ2n) is 7.03. The number of amides is 2. The molecule has 6 heteroatoms. The fourth-order valence-corrected chi connectivity index (χ4v) is 3.77. The maximum atomic E-state index is 12.9.